The van der Waals surface area contributed by atoms with E-state index in [9.17, 15) is 19.2 Å². The van der Waals surface area contributed by atoms with Crippen LogP contribution >= 0.6 is 0 Å². The zero-order valence-electron chi connectivity index (χ0n) is 21.2. The molecule has 0 aromatic rings. The van der Waals surface area contributed by atoms with Crippen molar-refractivity contribution in [3.63, 3.8) is 0 Å². The van der Waals surface area contributed by atoms with E-state index in [1.165, 1.54) is 0 Å². The second-order valence-corrected chi connectivity index (χ2v) is 12.3. The van der Waals surface area contributed by atoms with E-state index in [-0.39, 0.29) is 41.4 Å². The Bertz CT molecular complexity index is 796. The Morgan fingerprint density at radius 1 is 0.629 bits per heavy atom. The Morgan fingerprint density at radius 3 is 1.14 bits per heavy atom. The number of ketones is 2. The SMILES string of the molecule is C.CC(C)CN1[C@@]2(CCC2=O)CC[C@]12CNC2=O.CC(C)CN1[C@]2(CCC2=O)CC[C@@]12CNC2=O. The van der Waals surface area contributed by atoms with Crippen LogP contribution in [0.4, 0.5) is 0 Å². The van der Waals surface area contributed by atoms with Gasteiger partial charge in [-0.25, -0.2) is 0 Å². The number of Topliss-reactive ketones (excluding diaryl/α,β-unsaturated/α-hetero) is 2. The molecule has 4 heterocycles. The molecule has 0 radical (unpaired) electrons. The van der Waals surface area contributed by atoms with Gasteiger partial charge in [-0.2, -0.15) is 0 Å². The van der Waals surface area contributed by atoms with E-state index in [1.807, 2.05) is 0 Å². The van der Waals surface area contributed by atoms with Crippen molar-refractivity contribution in [1.82, 2.24) is 20.4 Å². The van der Waals surface area contributed by atoms with Gasteiger partial charge in [0.2, 0.25) is 11.8 Å². The van der Waals surface area contributed by atoms with Crippen LogP contribution in [-0.2, 0) is 19.2 Å². The van der Waals surface area contributed by atoms with Gasteiger partial charge in [0.1, 0.15) is 11.1 Å². The van der Waals surface area contributed by atoms with Gasteiger partial charge in [0.15, 0.2) is 11.6 Å². The van der Waals surface area contributed by atoms with Crippen molar-refractivity contribution < 1.29 is 19.2 Å². The number of hydrogen-bond acceptors (Lipinski definition) is 6. The highest BCUT2D eigenvalue weighted by molar-refractivity contribution is 6.00. The largest absolute Gasteiger partial charge is 0.352 e. The monoisotopic (exact) mass is 488 g/mol. The van der Waals surface area contributed by atoms with Gasteiger partial charge in [-0.05, 0) is 50.4 Å². The molecule has 2 amide bonds. The third kappa shape index (κ3) is 3.45. The lowest BCUT2D eigenvalue weighted by molar-refractivity contribution is -0.156. The zero-order chi connectivity index (χ0) is 24.5. The minimum Gasteiger partial charge on any atom is -0.352 e. The minimum absolute atomic E-state index is 0. The van der Waals surface area contributed by atoms with E-state index in [0.717, 1.165) is 64.7 Å². The summed E-state index contributed by atoms with van der Waals surface area (Å²) < 4.78 is 0. The molecule has 4 spiro atoms. The predicted molar refractivity (Wildman–Crippen MR) is 134 cm³/mol. The number of amides is 2. The van der Waals surface area contributed by atoms with Crippen molar-refractivity contribution in [2.75, 3.05) is 26.2 Å². The summed E-state index contributed by atoms with van der Waals surface area (Å²) in [7, 11) is 0. The molecule has 4 aliphatic heterocycles. The number of nitrogens with one attached hydrogen (secondary N) is 2. The third-order valence-electron chi connectivity index (χ3n) is 9.56. The van der Waals surface area contributed by atoms with Crippen LogP contribution in [0.1, 0.15) is 86.5 Å². The average molecular weight is 489 g/mol. The van der Waals surface area contributed by atoms with Crippen molar-refractivity contribution in [3.8, 4) is 0 Å². The molecular weight excluding hydrogens is 444 g/mol. The van der Waals surface area contributed by atoms with Crippen molar-refractivity contribution in [2.45, 2.75) is 109 Å². The van der Waals surface area contributed by atoms with E-state index in [1.54, 1.807) is 0 Å². The topological polar surface area (TPSA) is 98.8 Å². The van der Waals surface area contributed by atoms with E-state index in [4.69, 9.17) is 0 Å². The average Bonchev–Trinajstić information content (AvgIpc) is 3.34. The quantitative estimate of drug-likeness (QED) is 0.588. The van der Waals surface area contributed by atoms with Gasteiger partial charge in [-0.15, -0.1) is 0 Å². The molecule has 4 saturated heterocycles. The number of likely N-dealkylation sites (tertiary alicyclic amines) is 2. The first-order valence-corrected chi connectivity index (χ1v) is 13.2. The maximum Gasteiger partial charge on any atom is 0.242 e. The Morgan fingerprint density at radius 2 is 0.971 bits per heavy atom. The van der Waals surface area contributed by atoms with Gasteiger partial charge in [0.25, 0.3) is 0 Å². The second-order valence-electron chi connectivity index (χ2n) is 12.3. The fourth-order valence-corrected chi connectivity index (χ4v) is 7.32. The molecule has 196 valence electrons. The lowest BCUT2D eigenvalue weighted by Crippen LogP contribution is -2.75. The third-order valence-corrected chi connectivity index (χ3v) is 9.56. The second kappa shape index (κ2) is 8.65. The molecule has 2 saturated carbocycles. The van der Waals surface area contributed by atoms with Crippen molar-refractivity contribution in [3.05, 3.63) is 0 Å². The molecule has 4 atom stereocenters. The Balaban J connectivity index is 0.000000160. The molecule has 8 nitrogen and oxygen atoms in total. The Hall–Kier alpha value is -1.80. The molecular formula is C27H44N4O4. The molecule has 8 heteroatoms. The van der Waals surface area contributed by atoms with Gasteiger partial charge in [-0.3, -0.25) is 29.0 Å². The lowest BCUT2D eigenvalue weighted by atomic mass is 9.73. The summed E-state index contributed by atoms with van der Waals surface area (Å²) in [6.45, 7) is 11.8. The summed E-state index contributed by atoms with van der Waals surface area (Å²) >= 11 is 0. The van der Waals surface area contributed by atoms with Crippen LogP contribution in [0.2, 0.25) is 0 Å². The van der Waals surface area contributed by atoms with Crippen LogP contribution in [-0.4, -0.2) is 81.5 Å². The molecule has 0 aromatic carbocycles. The van der Waals surface area contributed by atoms with Crippen LogP contribution in [0.15, 0.2) is 0 Å². The smallest absolute Gasteiger partial charge is 0.242 e. The molecule has 6 rings (SSSR count). The highest BCUT2D eigenvalue weighted by atomic mass is 16.2. The van der Waals surface area contributed by atoms with E-state index in [0.29, 0.717) is 36.2 Å². The van der Waals surface area contributed by atoms with Gasteiger partial charge < -0.3 is 10.6 Å². The normalized spacial score (nSPS) is 39.7. The zero-order valence-corrected chi connectivity index (χ0v) is 21.2. The summed E-state index contributed by atoms with van der Waals surface area (Å²) in [6, 6.07) is 0. The molecule has 0 unspecified atom stereocenters. The first-order chi connectivity index (χ1) is 16.0. The molecule has 2 N–H and O–H groups in total. The predicted octanol–water partition coefficient (Wildman–Crippen LogP) is 2.05. The summed E-state index contributed by atoms with van der Waals surface area (Å²) in [5.74, 6) is 1.96. The number of rotatable bonds is 4. The maximum absolute atomic E-state index is 12.0. The molecule has 6 aliphatic rings. The first kappa shape index (κ1) is 26.3. The van der Waals surface area contributed by atoms with Crippen LogP contribution in [0, 0.1) is 11.8 Å². The van der Waals surface area contributed by atoms with E-state index >= 15 is 0 Å². The lowest BCUT2D eigenvalue weighted by Gasteiger charge is -2.53. The number of carbonyl (C=O) groups excluding carboxylic acids is 4. The summed E-state index contributed by atoms with van der Waals surface area (Å²) in [6.07, 6.45) is 6.78. The van der Waals surface area contributed by atoms with Crippen LogP contribution < -0.4 is 10.6 Å². The number of carbonyl (C=O) groups is 4. The van der Waals surface area contributed by atoms with Crippen LogP contribution in [0.3, 0.4) is 0 Å². The summed E-state index contributed by atoms with van der Waals surface area (Å²) in [4.78, 5) is 52.3. The van der Waals surface area contributed by atoms with Crippen LogP contribution in [0.25, 0.3) is 0 Å². The molecule has 0 bridgehead atoms. The highest BCUT2D eigenvalue weighted by Crippen LogP contribution is 2.53. The number of nitrogens with zero attached hydrogens (tertiary/aromatic N) is 2. The minimum atomic E-state index is -0.347. The number of hydrogen-bond donors (Lipinski definition) is 2. The molecule has 35 heavy (non-hydrogen) atoms. The van der Waals surface area contributed by atoms with Gasteiger partial charge in [0.05, 0.1) is 11.1 Å². The van der Waals surface area contributed by atoms with Gasteiger partial charge >= 0.3 is 0 Å². The standard InChI is InChI=1S/2C13H20N2O2.CH4/c2*1-9(2)7-15-12(4-3-10(12)16)5-6-13(15)8-14-11(13)17;/h2*9H,3-8H2,1-2H3,(H,14,17);1H4/t2*12-,13+;/m10./s1. The molecule has 2 aliphatic carbocycles. The first-order valence-electron chi connectivity index (χ1n) is 13.2. The summed E-state index contributed by atoms with van der Waals surface area (Å²) in [5.41, 5.74) is -1.25. The molecule has 0 aromatic heterocycles. The van der Waals surface area contributed by atoms with Crippen molar-refractivity contribution in [1.29, 1.82) is 0 Å². The van der Waals surface area contributed by atoms with Gasteiger partial charge in [-0.1, -0.05) is 35.1 Å². The Kier molecular flexibility index (Phi) is 6.49. The van der Waals surface area contributed by atoms with Gasteiger partial charge in [0, 0.05) is 39.0 Å². The van der Waals surface area contributed by atoms with Crippen molar-refractivity contribution in [2.24, 2.45) is 11.8 Å². The van der Waals surface area contributed by atoms with E-state index < -0.39 is 0 Å². The highest BCUT2D eigenvalue weighted by Gasteiger charge is 2.68. The van der Waals surface area contributed by atoms with Crippen LogP contribution in [0.5, 0.6) is 0 Å². The molecule has 6 fully saturated rings. The fourth-order valence-electron chi connectivity index (χ4n) is 7.32. The fraction of sp³-hybridized carbons (Fsp3) is 0.852. The number of β-lactam (4-membered cyclic amide) rings is 2. The summed E-state index contributed by atoms with van der Waals surface area (Å²) in [5, 5.41) is 5.71. The van der Waals surface area contributed by atoms with E-state index in [2.05, 4.69) is 48.1 Å². The Labute approximate surface area is 209 Å². The van der Waals surface area contributed by atoms with Crippen molar-refractivity contribution >= 4 is 23.4 Å². The maximum atomic E-state index is 12.0.